The molecule has 2 rings (SSSR count). The molecule has 102 valence electrons. The van der Waals surface area contributed by atoms with Gasteiger partial charge in [0.25, 0.3) is 0 Å². The number of hydrogen-bond donors (Lipinski definition) is 0. The molecule has 1 heterocycles. The van der Waals surface area contributed by atoms with Crippen molar-refractivity contribution in [3.8, 4) is 0 Å². The molecular formula is C12H14BrN2O3P. The minimum Gasteiger partial charge on any atom is -0.312 e. The van der Waals surface area contributed by atoms with Crippen LogP contribution in [0.1, 0.15) is 11.1 Å². The van der Waals surface area contributed by atoms with Gasteiger partial charge < -0.3 is 9.05 Å². The molecule has 0 aliphatic rings. The molecule has 0 bridgehead atoms. The van der Waals surface area contributed by atoms with Gasteiger partial charge in [0.15, 0.2) is 0 Å². The maximum absolute atomic E-state index is 12.2. The van der Waals surface area contributed by atoms with Crippen molar-refractivity contribution in [2.45, 2.75) is 11.5 Å². The second kappa shape index (κ2) is 6.09. The van der Waals surface area contributed by atoms with E-state index in [9.17, 15) is 4.57 Å². The zero-order valence-corrected chi connectivity index (χ0v) is 13.1. The lowest BCUT2D eigenvalue weighted by atomic mass is 10.1. The molecule has 0 saturated carbocycles. The van der Waals surface area contributed by atoms with Crippen LogP contribution in [0.4, 0.5) is 0 Å². The molecule has 0 fully saturated rings. The third kappa shape index (κ3) is 3.20. The molecule has 7 heteroatoms. The summed E-state index contributed by atoms with van der Waals surface area (Å²) in [5.41, 5.74) is 3.46. The van der Waals surface area contributed by atoms with E-state index in [1.165, 1.54) is 14.2 Å². The van der Waals surface area contributed by atoms with Gasteiger partial charge in [0, 0.05) is 31.9 Å². The minimum absolute atomic E-state index is 0.216. The van der Waals surface area contributed by atoms with Gasteiger partial charge in [-0.25, -0.2) is 0 Å². The number of halogens is 1. The van der Waals surface area contributed by atoms with Crippen LogP contribution in [0.3, 0.4) is 0 Å². The highest BCUT2D eigenvalue weighted by molar-refractivity contribution is 9.08. The molecule has 0 amide bonds. The van der Waals surface area contributed by atoms with Crippen LogP contribution in [0.15, 0.2) is 24.5 Å². The van der Waals surface area contributed by atoms with Gasteiger partial charge in [0.2, 0.25) is 0 Å². The summed E-state index contributed by atoms with van der Waals surface area (Å²) in [6, 6.07) is 3.81. The van der Waals surface area contributed by atoms with Gasteiger partial charge in [0.05, 0.1) is 17.2 Å². The fourth-order valence-electron chi connectivity index (χ4n) is 1.78. The molecule has 0 aliphatic heterocycles. The van der Waals surface area contributed by atoms with E-state index >= 15 is 0 Å². The van der Waals surface area contributed by atoms with Crippen molar-refractivity contribution in [1.29, 1.82) is 0 Å². The molecule has 5 nitrogen and oxygen atoms in total. The fraction of sp³-hybridized carbons (Fsp3) is 0.333. The van der Waals surface area contributed by atoms with E-state index in [4.69, 9.17) is 9.05 Å². The van der Waals surface area contributed by atoms with Gasteiger partial charge in [-0.3, -0.25) is 14.5 Å². The predicted octanol–water partition coefficient (Wildman–Crippen LogP) is 3.51. The van der Waals surface area contributed by atoms with Crippen molar-refractivity contribution in [2.24, 2.45) is 0 Å². The molecule has 2 aromatic rings. The summed E-state index contributed by atoms with van der Waals surface area (Å²) in [5, 5.41) is 0.641. The highest BCUT2D eigenvalue weighted by Crippen LogP contribution is 2.50. The summed E-state index contributed by atoms with van der Waals surface area (Å²) < 4.78 is 22.2. The van der Waals surface area contributed by atoms with E-state index in [1.54, 1.807) is 12.4 Å². The van der Waals surface area contributed by atoms with Crippen LogP contribution in [-0.2, 0) is 25.1 Å². The first-order valence-electron chi connectivity index (χ1n) is 5.61. The molecule has 0 N–H and O–H groups in total. The first-order valence-corrected chi connectivity index (χ1v) is 8.46. The van der Waals surface area contributed by atoms with Crippen LogP contribution in [-0.4, -0.2) is 24.2 Å². The molecule has 0 radical (unpaired) electrons. The summed E-state index contributed by atoms with van der Waals surface area (Å²) in [6.45, 7) is 0. The topological polar surface area (TPSA) is 61.3 Å². The van der Waals surface area contributed by atoms with E-state index in [1.807, 2.05) is 12.1 Å². The quantitative estimate of drug-likeness (QED) is 0.613. The third-order valence-corrected chi connectivity index (χ3v) is 5.30. The highest BCUT2D eigenvalue weighted by atomic mass is 79.9. The standard InChI is InChI=1S/C12H14BrN2O3P/c1-17-19(16,18-2)8-10-6-12-11(5-9(10)7-13)14-3-4-15-12/h3-6H,7-8H2,1-2H3. The van der Waals surface area contributed by atoms with Crippen molar-refractivity contribution < 1.29 is 13.6 Å². The van der Waals surface area contributed by atoms with Crippen LogP contribution in [0.2, 0.25) is 0 Å². The largest absolute Gasteiger partial charge is 0.334 e. The SMILES string of the molecule is COP(=O)(Cc1cc2nccnc2cc1CBr)OC. The Labute approximate surface area is 120 Å². The van der Waals surface area contributed by atoms with Gasteiger partial charge in [-0.15, -0.1) is 0 Å². The van der Waals surface area contributed by atoms with Crippen molar-refractivity contribution in [1.82, 2.24) is 9.97 Å². The molecule has 0 unspecified atom stereocenters. The number of alkyl halides is 1. The van der Waals surface area contributed by atoms with Crippen LogP contribution < -0.4 is 0 Å². The van der Waals surface area contributed by atoms with Gasteiger partial charge >= 0.3 is 7.60 Å². The van der Waals surface area contributed by atoms with Gasteiger partial charge in [0.1, 0.15) is 0 Å². The Morgan fingerprint density at radius 3 is 2.11 bits per heavy atom. The average molecular weight is 345 g/mol. The number of nitrogens with zero attached hydrogens (tertiary/aromatic N) is 2. The number of hydrogen-bond acceptors (Lipinski definition) is 5. The van der Waals surface area contributed by atoms with Crippen molar-refractivity contribution in [2.75, 3.05) is 14.2 Å². The minimum atomic E-state index is -3.09. The lowest BCUT2D eigenvalue weighted by Crippen LogP contribution is -1.98. The van der Waals surface area contributed by atoms with Crippen LogP contribution in [0.5, 0.6) is 0 Å². The fourth-order valence-corrected chi connectivity index (χ4v) is 3.42. The van der Waals surface area contributed by atoms with Gasteiger partial charge in [-0.1, -0.05) is 15.9 Å². The Hall–Kier alpha value is -0.810. The number of rotatable bonds is 5. The first kappa shape index (κ1) is 14.6. The molecule has 19 heavy (non-hydrogen) atoms. The van der Waals surface area contributed by atoms with Crippen LogP contribution >= 0.6 is 23.5 Å². The third-order valence-electron chi connectivity index (χ3n) is 2.85. The monoisotopic (exact) mass is 344 g/mol. The Morgan fingerprint density at radius 1 is 1.11 bits per heavy atom. The maximum atomic E-state index is 12.2. The van der Waals surface area contributed by atoms with E-state index in [0.29, 0.717) is 5.33 Å². The summed E-state index contributed by atoms with van der Waals surface area (Å²) in [6.07, 6.45) is 3.49. The molecule has 1 aromatic carbocycles. The molecular weight excluding hydrogens is 331 g/mol. The van der Waals surface area contributed by atoms with E-state index < -0.39 is 7.60 Å². The molecule has 0 saturated heterocycles. The van der Waals surface area contributed by atoms with E-state index in [2.05, 4.69) is 25.9 Å². The highest BCUT2D eigenvalue weighted by Gasteiger charge is 2.23. The van der Waals surface area contributed by atoms with E-state index in [0.717, 1.165) is 22.2 Å². The molecule has 0 aliphatic carbocycles. The molecule has 0 spiro atoms. The summed E-state index contributed by atoms with van der Waals surface area (Å²) >= 11 is 3.43. The van der Waals surface area contributed by atoms with Crippen molar-refractivity contribution in [3.05, 3.63) is 35.7 Å². The summed E-state index contributed by atoms with van der Waals surface area (Å²) in [7, 11) is -0.315. The second-order valence-electron chi connectivity index (χ2n) is 3.93. The van der Waals surface area contributed by atoms with Crippen molar-refractivity contribution >= 4 is 34.6 Å². The first-order chi connectivity index (χ1) is 9.11. The Morgan fingerprint density at radius 2 is 1.63 bits per heavy atom. The van der Waals surface area contributed by atoms with Crippen LogP contribution in [0, 0.1) is 0 Å². The van der Waals surface area contributed by atoms with Crippen molar-refractivity contribution in [3.63, 3.8) is 0 Å². The normalized spacial score (nSPS) is 11.9. The van der Waals surface area contributed by atoms with E-state index in [-0.39, 0.29) is 6.16 Å². The lowest BCUT2D eigenvalue weighted by Gasteiger charge is -2.15. The zero-order chi connectivity index (χ0) is 13.9. The molecule has 1 aromatic heterocycles. The summed E-state index contributed by atoms with van der Waals surface area (Å²) in [5.74, 6) is 0. The number of aromatic nitrogens is 2. The van der Waals surface area contributed by atoms with Crippen LogP contribution in [0.25, 0.3) is 11.0 Å². The van der Waals surface area contributed by atoms with Gasteiger partial charge in [-0.2, -0.15) is 0 Å². The molecule has 0 atom stereocenters. The Bertz CT molecular complexity index is 627. The Balaban J connectivity index is 2.49. The maximum Gasteiger partial charge on any atom is 0.334 e. The zero-order valence-electron chi connectivity index (χ0n) is 10.7. The number of benzene rings is 1. The number of fused-ring (bicyclic) bond motifs is 1. The van der Waals surface area contributed by atoms with Gasteiger partial charge in [-0.05, 0) is 23.3 Å². The summed E-state index contributed by atoms with van der Waals surface area (Å²) in [4.78, 5) is 8.50. The lowest BCUT2D eigenvalue weighted by molar-refractivity contribution is 0.274. The Kier molecular flexibility index (Phi) is 4.68. The predicted molar refractivity (Wildman–Crippen MR) is 77.5 cm³/mol. The average Bonchev–Trinajstić information content (AvgIpc) is 2.46. The second-order valence-corrected chi connectivity index (χ2v) is 6.76. The smallest absolute Gasteiger partial charge is 0.312 e.